The van der Waals surface area contributed by atoms with Crippen LogP contribution in [0.3, 0.4) is 0 Å². The van der Waals surface area contributed by atoms with Crippen LogP contribution in [0.5, 0.6) is 5.75 Å². The predicted molar refractivity (Wildman–Crippen MR) is 126 cm³/mol. The molecule has 3 rings (SSSR count). The average Bonchev–Trinajstić information content (AvgIpc) is 3.26. The van der Waals surface area contributed by atoms with Gasteiger partial charge in [-0.25, -0.2) is 0 Å². The highest BCUT2D eigenvalue weighted by Crippen LogP contribution is 2.25. The summed E-state index contributed by atoms with van der Waals surface area (Å²) in [6.07, 6.45) is 0. The van der Waals surface area contributed by atoms with Crippen molar-refractivity contribution in [3.63, 3.8) is 0 Å². The molecule has 1 unspecified atom stereocenters. The minimum Gasteiger partial charge on any atom is -0.497 e. The number of nitrogens with one attached hydrogen (secondary N) is 2. The van der Waals surface area contributed by atoms with Gasteiger partial charge in [0.05, 0.1) is 26.4 Å². The Balaban J connectivity index is 0.00000280. The molecule has 1 aliphatic rings. The molecule has 0 amide bonds. The summed E-state index contributed by atoms with van der Waals surface area (Å²) in [5.74, 6) is 1.67. The fourth-order valence-corrected chi connectivity index (χ4v) is 3.98. The third kappa shape index (κ3) is 6.61. The topological polar surface area (TPSA) is 58.1 Å². The molecule has 0 radical (unpaired) electrons. The molecular weight excluding hydrogens is 487 g/mol. The summed E-state index contributed by atoms with van der Waals surface area (Å²) in [6.45, 7) is 5.04. The average molecular weight is 516 g/mol. The van der Waals surface area contributed by atoms with Crippen molar-refractivity contribution in [1.82, 2.24) is 15.5 Å². The number of thiophene rings is 1. The number of hydrogen-bond donors (Lipinski definition) is 2. The minimum atomic E-state index is 0. The third-order valence-electron chi connectivity index (χ3n) is 4.66. The molecule has 154 valence electrons. The van der Waals surface area contributed by atoms with Crippen LogP contribution in [-0.4, -0.2) is 57.9 Å². The van der Waals surface area contributed by atoms with E-state index in [4.69, 9.17) is 9.47 Å². The van der Waals surface area contributed by atoms with Crippen LogP contribution in [0.2, 0.25) is 0 Å². The molecule has 1 fully saturated rings. The van der Waals surface area contributed by atoms with Crippen molar-refractivity contribution >= 4 is 41.3 Å². The lowest BCUT2D eigenvalue weighted by Gasteiger charge is -2.34. The Morgan fingerprint density at radius 2 is 1.96 bits per heavy atom. The first kappa shape index (κ1) is 22.9. The van der Waals surface area contributed by atoms with Gasteiger partial charge in [-0.15, -0.1) is 35.3 Å². The lowest BCUT2D eigenvalue weighted by atomic mass is 10.2. The largest absolute Gasteiger partial charge is 0.497 e. The summed E-state index contributed by atoms with van der Waals surface area (Å²) in [7, 11) is 3.48. The van der Waals surface area contributed by atoms with Gasteiger partial charge in [-0.3, -0.25) is 9.89 Å². The number of nitrogens with zero attached hydrogens (tertiary/aromatic N) is 2. The third-order valence-corrected chi connectivity index (χ3v) is 5.64. The van der Waals surface area contributed by atoms with Crippen molar-refractivity contribution in [2.24, 2.45) is 4.99 Å². The Morgan fingerprint density at radius 1 is 1.21 bits per heavy atom. The number of benzene rings is 1. The van der Waals surface area contributed by atoms with E-state index in [0.29, 0.717) is 12.6 Å². The first-order valence-corrected chi connectivity index (χ1v) is 10.1. The zero-order valence-corrected chi connectivity index (χ0v) is 19.5. The highest BCUT2D eigenvalue weighted by atomic mass is 127. The van der Waals surface area contributed by atoms with Crippen LogP contribution in [0.4, 0.5) is 0 Å². The second kappa shape index (κ2) is 12.3. The maximum Gasteiger partial charge on any atom is 0.191 e. The van der Waals surface area contributed by atoms with Crippen LogP contribution < -0.4 is 15.4 Å². The molecule has 6 nitrogen and oxygen atoms in total. The van der Waals surface area contributed by atoms with Gasteiger partial charge in [0, 0.05) is 38.1 Å². The molecule has 2 aromatic rings. The van der Waals surface area contributed by atoms with E-state index in [1.165, 1.54) is 10.4 Å². The van der Waals surface area contributed by atoms with Gasteiger partial charge < -0.3 is 20.1 Å². The number of ether oxygens (including phenoxy) is 2. The second-order valence-electron chi connectivity index (χ2n) is 6.33. The summed E-state index contributed by atoms with van der Waals surface area (Å²) in [5.41, 5.74) is 1.18. The van der Waals surface area contributed by atoms with Crippen LogP contribution >= 0.6 is 35.3 Å². The van der Waals surface area contributed by atoms with Crippen molar-refractivity contribution in [2.45, 2.75) is 12.6 Å². The number of morpholine rings is 1. The van der Waals surface area contributed by atoms with E-state index in [2.05, 4.69) is 50.2 Å². The lowest BCUT2D eigenvalue weighted by molar-refractivity contribution is 0.0177. The van der Waals surface area contributed by atoms with Crippen LogP contribution in [0.1, 0.15) is 16.5 Å². The Bertz CT molecular complexity index is 704. The van der Waals surface area contributed by atoms with Crippen LogP contribution in [0.25, 0.3) is 0 Å². The van der Waals surface area contributed by atoms with Gasteiger partial charge >= 0.3 is 0 Å². The van der Waals surface area contributed by atoms with E-state index in [1.807, 2.05) is 12.1 Å². The molecule has 0 saturated carbocycles. The standard InChI is InChI=1S/C20H28N4O2S.HI/c1-21-20(22-14-16-5-7-17(25-2)8-6-16)23-15-18(19-4-3-13-27-19)24-9-11-26-12-10-24;/h3-8,13,18H,9-12,14-15H2,1-2H3,(H2,21,22,23);1H. The first-order valence-electron chi connectivity index (χ1n) is 9.23. The Kier molecular flexibility index (Phi) is 10.0. The summed E-state index contributed by atoms with van der Waals surface area (Å²) in [4.78, 5) is 8.22. The van der Waals surface area contributed by atoms with Crippen molar-refractivity contribution in [2.75, 3.05) is 47.0 Å². The van der Waals surface area contributed by atoms with E-state index in [-0.39, 0.29) is 24.0 Å². The quantitative estimate of drug-likeness (QED) is 0.337. The van der Waals surface area contributed by atoms with Gasteiger partial charge in [-0.2, -0.15) is 0 Å². The van der Waals surface area contributed by atoms with Crippen molar-refractivity contribution in [3.05, 3.63) is 52.2 Å². The van der Waals surface area contributed by atoms with Crippen molar-refractivity contribution in [3.8, 4) is 5.75 Å². The molecule has 8 heteroatoms. The smallest absolute Gasteiger partial charge is 0.191 e. The SMILES string of the molecule is CN=C(NCc1ccc(OC)cc1)NCC(c1cccs1)N1CCOCC1.I. The molecule has 1 atom stereocenters. The zero-order chi connectivity index (χ0) is 18.9. The summed E-state index contributed by atoms with van der Waals surface area (Å²) >= 11 is 1.80. The molecule has 1 aromatic heterocycles. The van der Waals surface area contributed by atoms with Crippen LogP contribution in [0.15, 0.2) is 46.8 Å². The van der Waals surface area contributed by atoms with Crippen LogP contribution in [0, 0.1) is 0 Å². The Hall–Kier alpha value is -1.36. The molecule has 0 bridgehead atoms. The maximum atomic E-state index is 5.51. The first-order chi connectivity index (χ1) is 13.3. The Morgan fingerprint density at radius 3 is 2.57 bits per heavy atom. The second-order valence-corrected chi connectivity index (χ2v) is 7.31. The molecule has 2 heterocycles. The minimum absolute atomic E-state index is 0. The van der Waals surface area contributed by atoms with E-state index >= 15 is 0 Å². The number of halogens is 1. The number of guanidine groups is 1. The molecule has 0 aliphatic carbocycles. The predicted octanol–water partition coefficient (Wildman–Crippen LogP) is 3.11. The lowest BCUT2D eigenvalue weighted by Crippen LogP contribution is -2.46. The van der Waals surface area contributed by atoms with E-state index < -0.39 is 0 Å². The number of methoxy groups -OCH3 is 1. The van der Waals surface area contributed by atoms with Gasteiger partial charge in [-0.1, -0.05) is 18.2 Å². The number of rotatable bonds is 7. The number of hydrogen-bond acceptors (Lipinski definition) is 5. The van der Waals surface area contributed by atoms with E-state index in [0.717, 1.165) is 44.6 Å². The monoisotopic (exact) mass is 516 g/mol. The van der Waals surface area contributed by atoms with Gasteiger partial charge in [0.15, 0.2) is 5.96 Å². The molecular formula is C20H29IN4O2S. The highest BCUT2D eigenvalue weighted by Gasteiger charge is 2.23. The number of aliphatic imine (C=N–C) groups is 1. The highest BCUT2D eigenvalue weighted by molar-refractivity contribution is 14.0. The van der Waals surface area contributed by atoms with Gasteiger partial charge in [0.2, 0.25) is 0 Å². The summed E-state index contributed by atoms with van der Waals surface area (Å²) < 4.78 is 10.7. The van der Waals surface area contributed by atoms with Gasteiger partial charge in [0.25, 0.3) is 0 Å². The van der Waals surface area contributed by atoms with Gasteiger partial charge in [-0.05, 0) is 29.1 Å². The Labute approximate surface area is 188 Å². The normalized spacial score (nSPS) is 16.1. The van der Waals surface area contributed by atoms with E-state index in [9.17, 15) is 0 Å². The maximum absolute atomic E-state index is 5.51. The van der Waals surface area contributed by atoms with E-state index in [1.54, 1.807) is 25.5 Å². The molecule has 28 heavy (non-hydrogen) atoms. The molecule has 1 saturated heterocycles. The molecule has 2 N–H and O–H groups in total. The molecule has 0 spiro atoms. The van der Waals surface area contributed by atoms with Gasteiger partial charge in [0.1, 0.15) is 5.75 Å². The fraction of sp³-hybridized carbons (Fsp3) is 0.450. The zero-order valence-electron chi connectivity index (χ0n) is 16.4. The van der Waals surface area contributed by atoms with Crippen molar-refractivity contribution in [1.29, 1.82) is 0 Å². The molecule has 1 aromatic carbocycles. The summed E-state index contributed by atoms with van der Waals surface area (Å²) in [6, 6.07) is 12.7. The molecule has 1 aliphatic heterocycles. The summed E-state index contributed by atoms with van der Waals surface area (Å²) in [5, 5.41) is 9.01. The van der Waals surface area contributed by atoms with Crippen LogP contribution in [-0.2, 0) is 11.3 Å². The van der Waals surface area contributed by atoms with Crippen molar-refractivity contribution < 1.29 is 9.47 Å². The fourth-order valence-electron chi connectivity index (χ4n) is 3.12.